The highest BCUT2D eigenvalue weighted by molar-refractivity contribution is 5.26. The molecule has 0 atom stereocenters. The molecule has 0 fully saturated rings. The van der Waals surface area contributed by atoms with Crippen LogP contribution in [0.3, 0.4) is 0 Å². The molecule has 0 N–H and O–H groups in total. The van der Waals surface area contributed by atoms with Crippen molar-refractivity contribution in [3.05, 3.63) is 35.9 Å². The molecule has 0 bridgehead atoms. The summed E-state index contributed by atoms with van der Waals surface area (Å²) in [5.41, 5.74) is -6.86. The van der Waals surface area contributed by atoms with Gasteiger partial charge < -0.3 is 0 Å². The lowest BCUT2D eigenvalue weighted by Crippen LogP contribution is -2.50. The zero-order valence-electron chi connectivity index (χ0n) is 7.46. The Hall–Kier alpha value is -1.27. The Labute approximate surface area is 85.7 Å². The van der Waals surface area contributed by atoms with E-state index >= 15 is 0 Å². The fourth-order valence-electron chi connectivity index (χ4n) is 1.10. The molecular formula is C9H4F7. The van der Waals surface area contributed by atoms with Gasteiger partial charge in [-0.25, -0.2) is 4.39 Å². The molecule has 0 nitrogen and oxygen atoms in total. The number of hydrogen-bond acceptors (Lipinski definition) is 0. The van der Waals surface area contributed by atoms with Gasteiger partial charge in [0.1, 0.15) is 0 Å². The maximum atomic E-state index is 13.3. The Morgan fingerprint density at radius 1 is 0.750 bits per heavy atom. The van der Waals surface area contributed by atoms with E-state index in [0.717, 1.165) is 12.1 Å². The summed E-state index contributed by atoms with van der Waals surface area (Å²) < 4.78 is 86.4. The van der Waals surface area contributed by atoms with Crippen LogP contribution in [0.4, 0.5) is 30.7 Å². The first-order chi connectivity index (χ1) is 7.11. The Bertz CT molecular complexity index is 334. The molecule has 0 aliphatic heterocycles. The van der Waals surface area contributed by atoms with Gasteiger partial charge in [0, 0.05) is 5.56 Å². The second-order valence-corrected chi connectivity index (χ2v) is 2.94. The molecule has 0 unspecified atom stereocenters. The average molecular weight is 245 g/mol. The van der Waals surface area contributed by atoms with Crippen LogP contribution in [0.5, 0.6) is 0 Å². The van der Waals surface area contributed by atoms with E-state index in [9.17, 15) is 30.7 Å². The van der Waals surface area contributed by atoms with Crippen molar-refractivity contribution in [2.75, 3.05) is 0 Å². The van der Waals surface area contributed by atoms with Crippen LogP contribution in [0.2, 0.25) is 0 Å². The average Bonchev–Trinajstić information content (AvgIpc) is 2.14. The monoisotopic (exact) mass is 245 g/mol. The SMILES string of the molecule is FC(F)(F)C(F)(c1cc[c]cc1)C(F)(F)F. The lowest BCUT2D eigenvalue weighted by molar-refractivity contribution is -0.348. The van der Waals surface area contributed by atoms with Crippen molar-refractivity contribution in [2.45, 2.75) is 18.0 Å². The van der Waals surface area contributed by atoms with Gasteiger partial charge in [0.05, 0.1) is 0 Å². The van der Waals surface area contributed by atoms with E-state index < -0.39 is 23.6 Å². The fourth-order valence-corrected chi connectivity index (χ4v) is 1.10. The number of hydrogen-bond donors (Lipinski definition) is 0. The molecule has 16 heavy (non-hydrogen) atoms. The molecular weight excluding hydrogens is 241 g/mol. The van der Waals surface area contributed by atoms with Crippen molar-refractivity contribution in [2.24, 2.45) is 0 Å². The Kier molecular flexibility index (Phi) is 2.91. The summed E-state index contributed by atoms with van der Waals surface area (Å²) in [5, 5.41) is 0. The maximum absolute atomic E-state index is 13.3. The smallest absolute Gasteiger partial charge is 0.218 e. The van der Waals surface area contributed by atoms with Gasteiger partial charge in [-0.3, -0.25) is 0 Å². The van der Waals surface area contributed by atoms with E-state index in [2.05, 4.69) is 6.07 Å². The predicted octanol–water partition coefficient (Wildman–Crippen LogP) is 3.78. The Balaban J connectivity index is 3.39. The maximum Gasteiger partial charge on any atom is 0.435 e. The van der Waals surface area contributed by atoms with E-state index in [1.807, 2.05) is 0 Å². The number of alkyl halides is 7. The van der Waals surface area contributed by atoms with Crippen LogP contribution in [0.15, 0.2) is 24.3 Å². The van der Waals surface area contributed by atoms with Crippen LogP contribution in [-0.2, 0) is 5.67 Å². The van der Waals surface area contributed by atoms with Gasteiger partial charge in [-0.15, -0.1) is 0 Å². The number of rotatable bonds is 1. The summed E-state index contributed by atoms with van der Waals surface area (Å²) in [6.45, 7) is 0. The predicted molar refractivity (Wildman–Crippen MR) is 40.2 cm³/mol. The summed E-state index contributed by atoms with van der Waals surface area (Å²) in [5.74, 6) is 0. The molecule has 1 aromatic rings. The second kappa shape index (κ2) is 3.64. The second-order valence-electron chi connectivity index (χ2n) is 2.94. The van der Waals surface area contributed by atoms with E-state index in [1.165, 1.54) is 0 Å². The van der Waals surface area contributed by atoms with Crippen LogP contribution in [0.1, 0.15) is 5.56 Å². The minimum Gasteiger partial charge on any atom is -0.218 e. The molecule has 1 aromatic carbocycles. The van der Waals surface area contributed by atoms with Gasteiger partial charge >= 0.3 is 18.0 Å². The fraction of sp³-hybridized carbons (Fsp3) is 0.333. The van der Waals surface area contributed by atoms with Crippen LogP contribution < -0.4 is 0 Å². The summed E-state index contributed by atoms with van der Waals surface area (Å²) in [6.07, 6.45) is -12.1. The molecule has 0 amide bonds. The van der Waals surface area contributed by atoms with Gasteiger partial charge in [-0.1, -0.05) is 24.3 Å². The van der Waals surface area contributed by atoms with Crippen molar-refractivity contribution in [3.8, 4) is 0 Å². The lowest BCUT2D eigenvalue weighted by Gasteiger charge is -2.30. The minimum absolute atomic E-state index is 0.390. The molecule has 0 heterocycles. The van der Waals surface area contributed by atoms with Crippen LogP contribution >= 0.6 is 0 Å². The molecule has 1 radical (unpaired) electrons. The van der Waals surface area contributed by atoms with Crippen LogP contribution in [0.25, 0.3) is 0 Å². The first-order valence-corrected chi connectivity index (χ1v) is 3.89. The summed E-state index contributed by atoms with van der Waals surface area (Å²) in [7, 11) is 0. The molecule has 0 spiro atoms. The van der Waals surface area contributed by atoms with Crippen LogP contribution in [-0.4, -0.2) is 12.4 Å². The van der Waals surface area contributed by atoms with Gasteiger partial charge in [0.15, 0.2) is 0 Å². The quantitative estimate of drug-likeness (QED) is 0.660. The largest absolute Gasteiger partial charge is 0.435 e. The Morgan fingerprint density at radius 3 is 1.44 bits per heavy atom. The van der Waals surface area contributed by atoms with Gasteiger partial charge in [-0.05, 0) is 6.07 Å². The molecule has 0 aliphatic carbocycles. The topological polar surface area (TPSA) is 0 Å². The molecule has 0 aliphatic rings. The summed E-state index contributed by atoms with van der Waals surface area (Å²) in [4.78, 5) is 0. The van der Waals surface area contributed by atoms with E-state index in [-0.39, 0.29) is 0 Å². The van der Waals surface area contributed by atoms with Gasteiger partial charge in [0.2, 0.25) is 0 Å². The van der Waals surface area contributed by atoms with Gasteiger partial charge in [0.25, 0.3) is 0 Å². The zero-order valence-corrected chi connectivity index (χ0v) is 7.46. The van der Waals surface area contributed by atoms with Crippen molar-refractivity contribution < 1.29 is 30.7 Å². The van der Waals surface area contributed by atoms with Crippen molar-refractivity contribution in [3.63, 3.8) is 0 Å². The summed E-state index contributed by atoms with van der Waals surface area (Å²) in [6, 6.07) is 4.54. The van der Waals surface area contributed by atoms with Crippen molar-refractivity contribution in [1.82, 2.24) is 0 Å². The molecule has 0 aromatic heterocycles. The van der Waals surface area contributed by atoms with Crippen molar-refractivity contribution >= 4 is 0 Å². The van der Waals surface area contributed by atoms with Gasteiger partial charge in [-0.2, -0.15) is 26.3 Å². The normalized spacial score (nSPS) is 13.9. The molecule has 1 rings (SSSR count). The lowest BCUT2D eigenvalue weighted by atomic mass is 9.94. The van der Waals surface area contributed by atoms with Crippen molar-refractivity contribution in [1.29, 1.82) is 0 Å². The van der Waals surface area contributed by atoms with E-state index in [4.69, 9.17) is 0 Å². The zero-order chi connectivity index (χ0) is 12.6. The molecule has 0 saturated heterocycles. The first-order valence-electron chi connectivity index (χ1n) is 3.89. The highest BCUT2D eigenvalue weighted by Crippen LogP contribution is 2.52. The number of halogens is 7. The molecule has 0 saturated carbocycles. The van der Waals surface area contributed by atoms with E-state index in [1.54, 1.807) is 0 Å². The Morgan fingerprint density at radius 2 is 1.12 bits per heavy atom. The standard InChI is InChI=1S/C9H4F7/c10-7(8(11,12)13,9(14,15)16)6-4-2-1-3-5-6/h2-5H. The minimum atomic E-state index is -6.06. The third-order valence-corrected chi connectivity index (χ3v) is 1.90. The molecule has 89 valence electrons. The first kappa shape index (κ1) is 12.8. The highest BCUT2D eigenvalue weighted by Gasteiger charge is 2.73. The third kappa shape index (κ3) is 1.85. The third-order valence-electron chi connectivity index (χ3n) is 1.90. The van der Waals surface area contributed by atoms with E-state index in [0.29, 0.717) is 12.1 Å². The molecule has 7 heteroatoms. The summed E-state index contributed by atoms with van der Waals surface area (Å²) >= 11 is 0. The highest BCUT2D eigenvalue weighted by atomic mass is 19.4. The van der Waals surface area contributed by atoms with Crippen LogP contribution in [0, 0.1) is 6.07 Å². The number of benzene rings is 1.